The van der Waals surface area contributed by atoms with Crippen LogP contribution in [0, 0.1) is 39.0 Å². The fourth-order valence-electron chi connectivity index (χ4n) is 2.45. The van der Waals surface area contributed by atoms with Crippen molar-refractivity contribution in [1.29, 1.82) is 0 Å². The fraction of sp³-hybridized carbons (Fsp3) is 0.353. The van der Waals surface area contributed by atoms with E-state index in [1.807, 2.05) is 131 Å². The van der Waals surface area contributed by atoms with E-state index in [4.69, 9.17) is 0 Å². The Balaban J connectivity index is -0.00000000123. The summed E-state index contributed by atoms with van der Waals surface area (Å²) in [5.74, 6) is 0. The van der Waals surface area contributed by atoms with Crippen molar-refractivity contribution in [1.82, 2.24) is 9.97 Å². The first-order valence-corrected chi connectivity index (χ1v) is 13.0. The van der Waals surface area contributed by atoms with Gasteiger partial charge in [0.2, 0.25) is 0 Å². The van der Waals surface area contributed by atoms with Crippen molar-refractivity contribution in [3.8, 4) is 0 Å². The van der Waals surface area contributed by atoms with Gasteiger partial charge in [0, 0.05) is 2650 Å². The molecule has 0 amide bonds. The van der Waals surface area contributed by atoms with Crippen LogP contribution in [0.15, 0.2) is 79.4 Å². The molecule has 0 atom stereocenters. The predicted octanol–water partition coefficient (Wildman–Crippen LogP) is 9.83. The smallest absolute Gasteiger partial charge is 0 e. The second-order valence-corrected chi connectivity index (χ2v) is 6.50. The molecule has 2 heterocycles. The number of hydrogen-bond acceptors (Lipinski definition) is 2. The molecule has 441 valence electrons. The zero-order valence-electron chi connectivity index (χ0n) is 71.7. The SMILES string of the molecule is CC.CC.CC.CC=[C-]c1ccccc1C.CC=[C-]c1ccncc1C.CC=[C-]c1cnccc1C.[Y].[Y].[Y].[Y].[Y].[Y].[Y].[Y].[Y].[Y].[Y].[Y].[Y].[Y].[Y].[Y].[Y].[Y].[Y].[Y].[Y].[Y].[Y].[Y].[Y].[Y].[Y].[Y].[Y].[Y].[Y].[Y].[Y].[Y].[Y].[Y].[Y].[Y].[Y].[Y].[Y].[Y].[Y].[Y].[Y].[Y].[Y].[Y].[Y].[Y].[Y].[Y].[Y].[Y].[Y].[Y].[Y].[Y].[Y].[Y].[Y].[Y].[Y].[Y].[Y].[Y].[Y].[Y].[Y].[Y].[Y].[Y].[Y].[Y].[Y].[Y].[Y].[Y].[Y].[Y].[Y]. The number of nitrogens with zero attached hydrogens (tertiary/aromatic N) is 2. The Kier molecular flexibility index (Phi) is 2740. The van der Waals surface area contributed by atoms with Crippen molar-refractivity contribution >= 4 is 0 Å². The van der Waals surface area contributed by atoms with Crippen molar-refractivity contribution < 1.29 is 2650 Å². The fourth-order valence-corrected chi connectivity index (χ4v) is 2.45. The Morgan fingerprint density at radius 3 is 0.436 bits per heavy atom. The first-order chi connectivity index (χ1) is 17.5. The van der Waals surface area contributed by atoms with Crippen LogP contribution in [-0.4, -0.2) is 9.97 Å². The van der Waals surface area contributed by atoms with Crippen molar-refractivity contribution in [3.63, 3.8) is 0 Å². The molecule has 83 heteroatoms. The number of benzene rings is 1. The van der Waals surface area contributed by atoms with Gasteiger partial charge in [-0.1, -0.05) is 101 Å². The van der Waals surface area contributed by atoms with Crippen LogP contribution in [0.3, 0.4) is 0 Å². The molecule has 2 aromatic heterocycles. The van der Waals surface area contributed by atoms with Crippen LogP contribution >= 0.6 is 0 Å². The van der Waals surface area contributed by atoms with Crippen molar-refractivity contribution in [3.05, 3.63) is 131 Å². The zero-order chi connectivity index (χ0) is 28.2. The third-order valence-electron chi connectivity index (χ3n) is 4.10. The molecule has 0 unspecified atom stereocenters. The average Bonchev–Trinajstić information content (AvgIpc) is 2.93. The largest absolute Gasteiger partial charge is 0.329 e. The molecule has 1 aromatic carbocycles. The summed E-state index contributed by atoms with van der Waals surface area (Å²) in [4.78, 5) is 7.95. The predicted molar refractivity (Wildman–Crippen MR) is 161 cm³/mol. The van der Waals surface area contributed by atoms with E-state index in [1.165, 1.54) is 22.3 Å². The molecule has 0 fully saturated rings. The standard InChI is InChI=1S/C10H11.2C9H10N.3C2H6.81Y/c1-3-6-10-8-5-4-7-9(10)2;1-3-4-9-5-6-10-7-8(9)2;1-3-4-9-7-10-6-5-8(9)2;3*1-2;;;;;;;;;;;;;;;;;;;;;;;;;;;;;;;;;;;;;;;;;;;;;;;;;;;;;;;;;;;;;;;;;;;;;;;;;;;;;;;;;/h3-5,7-8H,1-2H3;2*3,5-7H,1-2H3;3*1-2H3;;;;;;;;;;;;;;;;;;;;;;;;;;;;;;;;;;;;;;;;;;;;;;;;;;;;;;;;;;;;;;;;;;;;;;;;;;;;;;;;;/q3*-1;;;;;;;;;;;;;;;;;;;;;;;;;;;;;;;;;;;;;;;;;;;;;;;;;;;;;;;;;;;;;;;;;;;;;;;;;;;;;;;;;;;;. The molecule has 0 saturated carbocycles. The third-order valence-corrected chi connectivity index (χ3v) is 4.10. The summed E-state index contributed by atoms with van der Waals surface area (Å²) in [7, 11) is 0. The summed E-state index contributed by atoms with van der Waals surface area (Å²) >= 11 is 0. The van der Waals surface area contributed by atoms with E-state index in [0.29, 0.717) is 0 Å². The minimum atomic E-state index is 0. The quantitative estimate of drug-likeness (QED) is 0.245. The minimum absolute atomic E-state index is 0. The Labute approximate surface area is 2770 Å². The van der Waals surface area contributed by atoms with Gasteiger partial charge in [0.25, 0.3) is 0 Å². The molecule has 3 rings (SSSR count). The van der Waals surface area contributed by atoms with Gasteiger partial charge in [0.05, 0.1) is 0 Å². The molecule has 117 heavy (non-hydrogen) atoms. The molecule has 0 aliphatic rings. The van der Waals surface area contributed by atoms with Gasteiger partial charge in [0.1, 0.15) is 0 Å². The van der Waals surface area contributed by atoms with Crippen LogP contribution in [-0.2, 0) is 2650 Å². The van der Waals surface area contributed by atoms with Crippen LogP contribution in [0.2, 0.25) is 0 Å². The molecular weight excluding hydrogens is 7640 g/mol. The first-order valence-electron chi connectivity index (χ1n) is 13.0. The van der Waals surface area contributed by atoms with Gasteiger partial charge in [0.15, 0.2) is 0 Å². The summed E-state index contributed by atoms with van der Waals surface area (Å²) in [6.45, 7) is 24.1. The summed E-state index contributed by atoms with van der Waals surface area (Å²) in [6.07, 6.45) is 22.3. The Bertz CT molecular complexity index is 943. The first kappa shape index (κ1) is 585. The van der Waals surface area contributed by atoms with Gasteiger partial charge >= 0.3 is 0 Å². The van der Waals surface area contributed by atoms with E-state index >= 15 is 0 Å². The van der Waals surface area contributed by atoms with E-state index in [0.717, 1.165) is 11.1 Å². The summed E-state index contributed by atoms with van der Waals surface area (Å²) in [5.41, 5.74) is 7.04. The summed E-state index contributed by atoms with van der Waals surface area (Å²) in [5, 5.41) is 0. The molecule has 0 spiro atoms. The van der Waals surface area contributed by atoms with E-state index in [9.17, 15) is 0 Å². The molecule has 81 radical (unpaired) electrons. The monoisotopic (exact) mass is 7690 g/mol. The molecular formula is C34H49N2Y81-3. The topological polar surface area (TPSA) is 25.8 Å². The number of rotatable bonds is 3. The summed E-state index contributed by atoms with van der Waals surface area (Å²) in [6, 6.07) is 12.2. The van der Waals surface area contributed by atoms with Crippen molar-refractivity contribution in [2.45, 2.75) is 83.1 Å². The van der Waals surface area contributed by atoms with Crippen LogP contribution in [0.25, 0.3) is 0 Å². The van der Waals surface area contributed by atoms with Gasteiger partial charge in [-0.3, -0.25) is 4.98 Å². The van der Waals surface area contributed by atoms with Gasteiger partial charge in [-0.2, -0.15) is 46.5 Å². The average molecular weight is 7690 g/mol. The van der Waals surface area contributed by atoms with Crippen LogP contribution in [0.1, 0.15) is 95.7 Å². The third kappa shape index (κ3) is 493. The summed E-state index contributed by atoms with van der Waals surface area (Å²) < 4.78 is 0. The van der Waals surface area contributed by atoms with E-state index < -0.39 is 0 Å². The van der Waals surface area contributed by atoms with E-state index in [-0.39, 0.29) is 2650 Å². The molecule has 0 aliphatic heterocycles. The van der Waals surface area contributed by atoms with Gasteiger partial charge in [-0.15, -0.1) is 47.6 Å². The molecule has 3 aromatic rings. The second kappa shape index (κ2) is 548. The number of aryl methyl sites for hydroxylation is 3. The van der Waals surface area contributed by atoms with Gasteiger partial charge < -0.3 is 4.98 Å². The zero-order valence-corrected chi connectivity index (χ0v) is 302. The maximum Gasteiger partial charge on any atom is 0 e. The van der Waals surface area contributed by atoms with E-state index in [1.54, 1.807) is 12.4 Å². The maximum atomic E-state index is 3.98. The van der Waals surface area contributed by atoms with Crippen molar-refractivity contribution in [2.24, 2.45) is 0 Å². The molecule has 2 nitrogen and oxygen atoms in total. The van der Waals surface area contributed by atoms with Gasteiger partial charge in [-0.05, 0) is 18.6 Å². The normalized spacial score (nSPS) is 2.87. The number of pyridine rings is 2. The molecule has 0 bridgehead atoms. The van der Waals surface area contributed by atoms with E-state index in [2.05, 4.69) is 47.3 Å². The van der Waals surface area contributed by atoms with Crippen LogP contribution in [0.5, 0.6) is 0 Å². The Morgan fingerprint density at radius 1 is 0.162 bits per heavy atom. The maximum absolute atomic E-state index is 3.98. The Morgan fingerprint density at radius 2 is 0.291 bits per heavy atom. The van der Waals surface area contributed by atoms with Gasteiger partial charge in [-0.25, -0.2) is 0 Å². The molecule has 0 N–H and O–H groups in total. The minimum Gasteiger partial charge on any atom is -0.329 e. The second-order valence-electron chi connectivity index (χ2n) is 6.50. The number of hydrogen-bond donors (Lipinski definition) is 0. The van der Waals surface area contributed by atoms with Crippen LogP contribution < -0.4 is 0 Å². The van der Waals surface area contributed by atoms with Crippen molar-refractivity contribution in [2.75, 3.05) is 0 Å². The molecule has 0 aliphatic carbocycles. The number of aromatic nitrogens is 2. The molecule has 0 saturated heterocycles. The van der Waals surface area contributed by atoms with Crippen LogP contribution in [0.4, 0.5) is 0 Å². The Hall–Kier alpha value is 86.2. The number of allylic oxidation sites excluding steroid dienone is 3.